The molecule has 3 rings (SSSR count). The molecule has 0 amide bonds. The molecular formula is C31H32ClF3N2O9. The number of alkyl halides is 3. The van der Waals surface area contributed by atoms with E-state index in [4.69, 9.17) is 17.3 Å². The zero-order valence-corrected chi connectivity index (χ0v) is 25.5. The van der Waals surface area contributed by atoms with Crippen molar-refractivity contribution >= 4 is 41.2 Å². The molecule has 3 atom stereocenters. The lowest BCUT2D eigenvalue weighted by Crippen LogP contribution is -2.43. The Morgan fingerprint density at radius 2 is 1.24 bits per heavy atom. The van der Waals surface area contributed by atoms with Gasteiger partial charge in [0.1, 0.15) is 0 Å². The van der Waals surface area contributed by atoms with E-state index in [-0.39, 0.29) is 33.9 Å². The van der Waals surface area contributed by atoms with Gasteiger partial charge in [-0.15, -0.1) is 0 Å². The maximum Gasteiger partial charge on any atom is 0.418 e. The predicted octanol–water partition coefficient (Wildman–Crippen LogP) is 3.84. The van der Waals surface area contributed by atoms with Gasteiger partial charge in [0, 0.05) is 5.54 Å². The molecule has 0 heterocycles. The van der Waals surface area contributed by atoms with Crippen LogP contribution in [0.5, 0.6) is 0 Å². The second kappa shape index (κ2) is 16.3. The number of hydrogen-bond donors (Lipinski definition) is 5. The number of rotatable bonds is 8. The lowest BCUT2D eigenvalue weighted by atomic mass is 9.99. The van der Waals surface area contributed by atoms with Crippen molar-refractivity contribution in [1.82, 2.24) is 5.32 Å². The first-order valence-corrected chi connectivity index (χ1v) is 13.8. The van der Waals surface area contributed by atoms with E-state index < -0.39 is 59.6 Å². The molecule has 0 aliphatic rings. The zero-order chi connectivity index (χ0) is 34.8. The summed E-state index contributed by atoms with van der Waals surface area (Å²) in [4.78, 5) is 46.8. The highest BCUT2D eigenvalue weighted by molar-refractivity contribution is 6.33. The van der Waals surface area contributed by atoms with Gasteiger partial charge in [-0.25, -0.2) is 19.2 Å². The Bertz CT molecular complexity index is 1450. The molecule has 3 aromatic rings. The van der Waals surface area contributed by atoms with Gasteiger partial charge in [-0.3, -0.25) is 0 Å². The van der Waals surface area contributed by atoms with E-state index in [9.17, 15) is 47.7 Å². The summed E-state index contributed by atoms with van der Waals surface area (Å²) >= 11 is 5.76. The van der Waals surface area contributed by atoms with Crippen LogP contribution in [0.2, 0.25) is 5.02 Å². The van der Waals surface area contributed by atoms with Gasteiger partial charge in [-0.1, -0.05) is 48.0 Å². The molecule has 15 heteroatoms. The number of esters is 4. The van der Waals surface area contributed by atoms with E-state index in [1.165, 1.54) is 54.6 Å². The first kappa shape index (κ1) is 37.8. The molecule has 0 bridgehead atoms. The molecule has 0 aliphatic carbocycles. The highest BCUT2D eigenvalue weighted by Gasteiger charge is 2.36. The number of anilines is 1. The number of ether oxygens (including phenoxy) is 2. The maximum atomic E-state index is 12.9. The number of aliphatic hydroxyl groups is 3. The van der Waals surface area contributed by atoms with Crippen LogP contribution in [0.25, 0.3) is 0 Å². The number of halogens is 4. The van der Waals surface area contributed by atoms with Gasteiger partial charge < -0.3 is 35.8 Å². The Morgan fingerprint density at radius 3 is 1.59 bits per heavy atom. The third kappa shape index (κ3) is 11.2. The van der Waals surface area contributed by atoms with Crippen LogP contribution in [0.3, 0.4) is 0 Å². The van der Waals surface area contributed by atoms with Crippen molar-refractivity contribution in [2.45, 2.75) is 50.7 Å². The Hall–Kier alpha value is -4.34. The minimum absolute atomic E-state index is 0.0318. The average Bonchev–Trinajstić information content (AvgIpc) is 3.00. The number of carbonyl (C=O) groups excluding carboxylic acids is 4. The molecule has 3 unspecified atom stereocenters. The third-order valence-electron chi connectivity index (χ3n) is 5.84. The van der Waals surface area contributed by atoms with E-state index in [1.807, 2.05) is 20.8 Å². The topological polar surface area (TPSA) is 185 Å². The van der Waals surface area contributed by atoms with Gasteiger partial charge in [-0.2, -0.15) is 13.2 Å². The molecule has 46 heavy (non-hydrogen) atoms. The Kier molecular flexibility index (Phi) is 13.4. The molecular weight excluding hydrogens is 637 g/mol. The second-order valence-corrected chi connectivity index (χ2v) is 11.0. The summed E-state index contributed by atoms with van der Waals surface area (Å²) in [5.74, 6) is -5.27. The lowest BCUT2D eigenvalue weighted by Gasteiger charge is -2.28. The fraction of sp³-hybridized carbons (Fsp3) is 0.290. The minimum Gasteiger partial charge on any atom is -0.397 e. The maximum absolute atomic E-state index is 12.9. The van der Waals surface area contributed by atoms with E-state index in [2.05, 4.69) is 14.8 Å². The Morgan fingerprint density at radius 1 is 0.826 bits per heavy atom. The van der Waals surface area contributed by atoms with Crippen LogP contribution in [-0.2, 0) is 25.2 Å². The number of aliphatic hydroxyl groups excluding tert-OH is 3. The zero-order valence-electron chi connectivity index (χ0n) is 24.7. The third-order valence-corrected chi connectivity index (χ3v) is 6.15. The van der Waals surface area contributed by atoms with E-state index >= 15 is 0 Å². The fourth-order valence-electron chi connectivity index (χ4n) is 3.66. The summed E-state index contributed by atoms with van der Waals surface area (Å²) in [5.41, 5.74) is 3.81. The molecule has 0 radical (unpaired) electrons. The van der Waals surface area contributed by atoms with Crippen LogP contribution in [-0.4, -0.2) is 63.6 Å². The molecule has 6 N–H and O–H groups in total. The van der Waals surface area contributed by atoms with Crippen molar-refractivity contribution in [3.05, 3.63) is 100 Å². The smallest absolute Gasteiger partial charge is 0.397 e. The first-order valence-electron chi connectivity index (χ1n) is 13.4. The number of nitrogens with one attached hydrogen (secondary N) is 1. The molecule has 0 aromatic heterocycles. The molecule has 0 saturated carbocycles. The fourth-order valence-corrected chi connectivity index (χ4v) is 3.89. The minimum atomic E-state index is -4.59. The molecule has 248 valence electrons. The van der Waals surface area contributed by atoms with Crippen LogP contribution >= 0.6 is 11.6 Å². The number of carbonyl (C=O) groups is 4. The summed E-state index contributed by atoms with van der Waals surface area (Å²) in [6.45, 7) is 5.19. The number of nitrogen functional groups attached to an aromatic ring is 1. The van der Waals surface area contributed by atoms with Crippen LogP contribution in [0.15, 0.2) is 72.8 Å². The van der Waals surface area contributed by atoms with E-state index in [0.717, 1.165) is 6.07 Å². The predicted molar refractivity (Wildman–Crippen MR) is 159 cm³/mol. The molecule has 11 nitrogen and oxygen atoms in total. The number of hydrogen-bond acceptors (Lipinski definition) is 11. The van der Waals surface area contributed by atoms with Gasteiger partial charge in [0.2, 0.25) is 0 Å². The molecule has 0 aliphatic heterocycles. The summed E-state index contributed by atoms with van der Waals surface area (Å²) < 4.78 is 47.4. The van der Waals surface area contributed by atoms with Crippen LogP contribution in [0.4, 0.5) is 18.9 Å². The summed E-state index contributed by atoms with van der Waals surface area (Å²) in [6, 6.07) is 16.4. The first-order chi connectivity index (χ1) is 21.4. The molecule has 0 fully saturated rings. The van der Waals surface area contributed by atoms with Gasteiger partial charge in [0.25, 0.3) is 0 Å². The van der Waals surface area contributed by atoms with Crippen molar-refractivity contribution in [3.63, 3.8) is 0 Å². The van der Waals surface area contributed by atoms with Gasteiger partial charge in [0.15, 0.2) is 12.2 Å². The van der Waals surface area contributed by atoms with Gasteiger partial charge >= 0.3 is 30.1 Å². The summed E-state index contributed by atoms with van der Waals surface area (Å²) in [5, 5.41) is 31.5. The highest BCUT2D eigenvalue weighted by Crippen LogP contribution is 2.39. The quantitative estimate of drug-likeness (QED) is 0.133. The van der Waals surface area contributed by atoms with Gasteiger partial charge in [0.05, 0.1) is 40.0 Å². The van der Waals surface area contributed by atoms with E-state index in [1.54, 1.807) is 12.1 Å². The summed E-state index contributed by atoms with van der Waals surface area (Å²) in [7, 11) is 0. The molecule has 0 saturated heterocycles. The van der Waals surface area contributed by atoms with Crippen LogP contribution < -0.4 is 11.1 Å². The van der Waals surface area contributed by atoms with Crippen LogP contribution in [0, 0.1) is 0 Å². The Labute approximate surface area is 266 Å². The largest absolute Gasteiger partial charge is 0.418 e. The monoisotopic (exact) mass is 668 g/mol. The molecule has 0 spiro atoms. The average molecular weight is 669 g/mol. The van der Waals surface area contributed by atoms with Crippen molar-refractivity contribution < 1.29 is 57.1 Å². The van der Waals surface area contributed by atoms with Crippen molar-refractivity contribution in [1.29, 1.82) is 0 Å². The SMILES string of the molecule is CC(C)(C)NC(CO)c1cc(Cl)c(N)c(C(F)(F)F)c1.O=C(OC(=O)C(O)C(O)C(=O)OC(=O)c1ccccc1)c1ccccc1. The van der Waals surface area contributed by atoms with Crippen molar-refractivity contribution in [2.75, 3.05) is 12.3 Å². The standard InChI is InChI=1S/C18H14O8.C13H18ClF3N2O/c19-13(17(23)25-15(21)11-7-3-1-4-8-11)14(20)18(24)26-16(22)12-9-5-2-6-10-12;1-12(2,3)19-10(6-20)7-4-8(13(15,16)17)11(18)9(14)5-7/h1-10,13-14,19-20H;4-5,10,19-20H,6,18H2,1-3H3. The van der Waals surface area contributed by atoms with Gasteiger partial charge in [-0.05, 0) is 62.7 Å². The van der Waals surface area contributed by atoms with Crippen LogP contribution in [0.1, 0.15) is 58.7 Å². The Balaban J connectivity index is 0.000000332. The van der Waals surface area contributed by atoms with Crippen molar-refractivity contribution in [2.24, 2.45) is 0 Å². The summed E-state index contributed by atoms with van der Waals surface area (Å²) in [6.07, 6.45) is -9.40. The normalized spacial score (nSPS) is 13.3. The van der Waals surface area contributed by atoms with E-state index in [0.29, 0.717) is 0 Å². The molecule has 3 aromatic carbocycles. The van der Waals surface area contributed by atoms with Crippen molar-refractivity contribution in [3.8, 4) is 0 Å². The highest BCUT2D eigenvalue weighted by atomic mass is 35.5. The second-order valence-electron chi connectivity index (χ2n) is 10.6. The number of benzene rings is 3. The number of nitrogens with two attached hydrogens (primary N) is 1. The lowest BCUT2D eigenvalue weighted by molar-refractivity contribution is -0.166.